The topological polar surface area (TPSA) is 118 Å². The molecule has 0 unspecified atom stereocenters. The molecule has 4 rings (SSSR count). The number of methoxy groups -OCH3 is 1. The number of nitrogens with one attached hydrogen (secondary N) is 2. The van der Waals surface area contributed by atoms with Gasteiger partial charge < -0.3 is 25.7 Å². The van der Waals surface area contributed by atoms with Crippen molar-refractivity contribution in [1.29, 1.82) is 5.26 Å². The lowest BCUT2D eigenvalue weighted by Crippen LogP contribution is -2.20. The van der Waals surface area contributed by atoms with Gasteiger partial charge in [0.2, 0.25) is 11.4 Å². The molecular formula is C21H21FN6O2. The summed E-state index contributed by atoms with van der Waals surface area (Å²) >= 11 is 0. The van der Waals surface area contributed by atoms with Gasteiger partial charge in [-0.1, -0.05) is 6.07 Å². The van der Waals surface area contributed by atoms with Crippen LogP contribution >= 0.6 is 0 Å². The highest BCUT2D eigenvalue weighted by molar-refractivity contribution is 6.00. The maximum absolute atomic E-state index is 15.0. The molecule has 154 valence electrons. The molecule has 8 nitrogen and oxygen atoms in total. The number of fused-ring (bicyclic) bond motifs is 1. The van der Waals surface area contributed by atoms with Gasteiger partial charge >= 0.3 is 0 Å². The number of benzene rings is 1. The van der Waals surface area contributed by atoms with E-state index in [-0.39, 0.29) is 22.6 Å². The number of hydrogen-bond acceptors (Lipinski definition) is 7. The van der Waals surface area contributed by atoms with Gasteiger partial charge in [0.25, 0.3) is 0 Å². The Hall–Kier alpha value is -3.80. The molecule has 2 heterocycles. The van der Waals surface area contributed by atoms with Crippen LogP contribution in [0.15, 0.2) is 35.3 Å². The predicted molar refractivity (Wildman–Crippen MR) is 113 cm³/mol. The molecule has 0 atom stereocenters. The smallest absolute Gasteiger partial charge is 0.216 e. The molecule has 0 spiro atoms. The Bertz CT molecular complexity index is 1200. The fraction of sp³-hybridized carbons (Fsp3) is 0.286. The first kappa shape index (κ1) is 19.5. The third-order valence-corrected chi connectivity index (χ3v) is 5.04. The van der Waals surface area contributed by atoms with E-state index in [4.69, 9.17) is 10.5 Å². The zero-order valence-corrected chi connectivity index (χ0v) is 16.4. The summed E-state index contributed by atoms with van der Waals surface area (Å²) in [6, 6.07) is 8.72. The molecule has 0 radical (unpaired) electrons. The van der Waals surface area contributed by atoms with Crippen LogP contribution < -0.4 is 26.5 Å². The van der Waals surface area contributed by atoms with E-state index in [0.717, 1.165) is 18.7 Å². The summed E-state index contributed by atoms with van der Waals surface area (Å²) < 4.78 is 22.0. The van der Waals surface area contributed by atoms with Crippen molar-refractivity contribution in [3.63, 3.8) is 0 Å². The zero-order valence-electron chi connectivity index (χ0n) is 16.4. The number of nitrogens with two attached hydrogens (primary N) is 1. The fourth-order valence-electron chi connectivity index (χ4n) is 3.54. The maximum atomic E-state index is 15.0. The lowest BCUT2D eigenvalue weighted by Gasteiger charge is -2.20. The second kappa shape index (κ2) is 7.91. The van der Waals surface area contributed by atoms with Crippen LogP contribution in [0.25, 0.3) is 10.9 Å². The Morgan fingerprint density at radius 3 is 2.77 bits per heavy atom. The molecular weight excluding hydrogens is 387 g/mol. The molecule has 1 aromatic carbocycles. The number of nitrogen functional groups attached to an aromatic ring is 1. The van der Waals surface area contributed by atoms with Gasteiger partial charge in [-0.05, 0) is 31.0 Å². The summed E-state index contributed by atoms with van der Waals surface area (Å²) in [5, 5.41) is 15.8. The summed E-state index contributed by atoms with van der Waals surface area (Å²) in [4.78, 5) is 16.9. The predicted octanol–water partition coefficient (Wildman–Crippen LogP) is 2.86. The van der Waals surface area contributed by atoms with Gasteiger partial charge in [-0.2, -0.15) is 9.65 Å². The van der Waals surface area contributed by atoms with Crippen LogP contribution in [-0.2, 0) is 0 Å². The van der Waals surface area contributed by atoms with E-state index < -0.39 is 16.9 Å². The standard InChI is InChI=1S/C21H21FN6O2/c1-30-20-15(25-8-9-27-16-4-2-3-7-26-16)10-14(24)17-18(20)28(12-5-6-12)21(22)13(11-23)19(17)29/h2-4,7,10,12,25H,5-6,8-9,24H2,1H3,(H,26,27). The summed E-state index contributed by atoms with van der Waals surface area (Å²) in [5.74, 6) is 0.228. The molecule has 0 bridgehead atoms. The van der Waals surface area contributed by atoms with Crippen LogP contribution in [0.5, 0.6) is 5.75 Å². The van der Waals surface area contributed by atoms with Crippen molar-refractivity contribution >= 4 is 28.1 Å². The highest BCUT2D eigenvalue weighted by atomic mass is 19.1. The van der Waals surface area contributed by atoms with Crippen molar-refractivity contribution in [2.24, 2.45) is 0 Å². The summed E-state index contributed by atoms with van der Waals surface area (Å²) in [6.07, 6.45) is 3.22. The Morgan fingerprint density at radius 2 is 2.13 bits per heavy atom. The first-order valence-electron chi connectivity index (χ1n) is 9.59. The Labute approximate surface area is 172 Å². The number of ether oxygens (including phenoxy) is 1. The normalized spacial score (nSPS) is 13.1. The number of hydrogen-bond donors (Lipinski definition) is 3. The maximum Gasteiger partial charge on any atom is 0.216 e. The number of nitriles is 1. The minimum atomic E-state index is -0.843. The molecule has 4 N–H and O–H groups in total. The van der Waals surface area contributed by atoms with Crippen molar-refractivity contribution in [1.82, 2.24) is 9.55 Å². The lowest BCUT2D eigenvalue weighted by atomic mass is 10.1. The monoisotopic (exact) mass is 408 g/mol. The first-order chi connectivity index (χ1) is 14.6. The molecule has 0 amide bonds. The van der Waals surface area contributed by atoms with Crippen LogP contribution in [0.2, 0.25) is 0 Å². The van der Waals surface area contributed by atoms with E-state index in [0.29, 0.717) is 24.5 Å². The van der Waals surface area contributed by atoms with Crippen molar-refractivity contribution in [3.05, 3.63) is 52.2 Å². The number of halogens is 1. The van der Waals surface area contributed by atoms with E-state index in [1.807, 2.05) is 18.2 Å². The third-order valence-electron chi connectivity index (χ3n) is 5.04. The SMILES string of the molecule is COc1c(NCCNc2ccccn2)cc(N)c2c(=O)c(C#N)c(F)n(C3CC3)c12. The average molecular weight is 408 g/mol. The fourth-order valence-corrected chi connectivity index (χ4v) is 3.54. The third kappa shape index (κ3) is 3.37. The van der Waals surface area contributed by atoms with Crippen molar-refractivity contribution < 1.29 is 9.13 Å². The van der Waals surface area contributed by atoms with Gasteiger partial charge in [0.15, 0.2) is 11.3 Å². The van der Waals surface area contributed by atoms with E-state index in [9.17, 15) is 10.1 Å². The molecule has 1 aliphatic carbocycles. The quantitative estimate of drug-likeness (QED) is 0.312. The van der Waals surface area contributed by atoms with E-state index in [1.54, 1.807) is 18.3 Å². The van der Waals surface area contributed by atoms with E-state index in [2.05, 4.69) is 15.6 Å². The van der Waals surface area contributed by atoms with Gasteiger partial charge in [-0.3, -0.25) is 4.79 Å². The molecule has 1 fully saturated rings. The molecule has 2 aromatic heterocycles. The summed E-state index contributed by atoms with van der Waals surface area (Å²) in [5.41, 5.74) is 5.92. The van der Waals surface area contributed by atoms with Crippen molar-refractivity contribution in [3.8, 4) is 11.8 Å². The van der Waals surface area contributed by atoms with Crippen LogP contribution in [0.1, 0.15) is 24.4 Å². The Kier molecular flexibility index (Phi) is 5.14. The summed E-state index contributed by atoms with van der Waals surface area (Å²) in [7, 11) is 1.46. The molecule has 9 heteroatoms. The average Bonchev–Trinajstić information content (AvgIpc) is 3.57. The lowest BCUT2D eigenvalue weighted by molar-refractivity contribution is 0.414. The van der Waals surface area contributed by atoms with Gasteiger partial charge in [0.1, 0.15) is 17.4 Å². The minimum absolute atomic E-state index is 0.105. The number of aromatic nitrogens is 2. The molecule has 3 aromatic rings. The van der Waals surface area contributed by atoms with E-state index in [1.165, 1.54) is 11.7 Å². The number of nitrogens with zero attached hydrogens (tertiary/aromatic N) is 3. The van der Waals surface area contributed by atoms with Gasteiger partial charge in [-0.25, -0.2) is 4.98 Å². The zero-order chi connectivity index (χ0) is 21.3. The Balaban J connectivity index is 1.74. The highest BCUT2D eigenvalue weighted by Crippen LogP contribution is 2.44. The van der Waals surface area contributed by atoms with Crippen LogP contribution in [0.4, 0.5) is 21.6 Å². The highest BCUT2D eigenvalue weighted by Gasteiger charge is 2.32. The molecule has 1 saturated carbocycles. The number of pyridine rings is 2. The minimum Gasteiger partial charge on any atom is -0.492 e. The van der Waals surface area contributed by atoms with Gasteiger partial charge in [0, 0.05) is 31.0 Å². The molecule has 30 heavy (non-hydrogen) atoms. The van der Waals surface area contributed by atoms with Gasteiger partial charge in [0.05, 0.1) is 18.2 Å². The van der Waals surface area contributed by atoms with Crippen molar-refractivity contribution in [2.75, 3.05) is 36.6 Å². The second-order valence-electron chi connectivity index (χ2n) is 7.05. The Morgan fingerprint density at radius 1 is 1.37 bits per heavy atom. The number of rotatable bonds is 7. The second-order valence-corrected chi connectivity index (χ2v) is 7.05. The molecule has 0 saturated heterocycles. The molecule has 0 aliphatic heterocycles. The summed E-state index contributed by atoms with van der Waals surface area (Å²) in [6.45, 7) is 1.07. The largest absolute Gasteiger partial charge is 0.492 e. The van der Waals surface area contributed by atoms with Crippen molar-refractivity contribution in [2.45, 2.75) is 18.9 Å². The number of anilines is 3. The van der Waals surface area contributed by atoms with Crippen LogP contribution in [0.3, 0.4) is 0 Å². The van der Waals surface area contributed by atoms with Crippen LogP contribution in [-0.4, -0.2) is 29.8 Å². The van der Waals surface area contributed by atoms with Gasteiger partial charge in [-0.15, -0.1) is 0 Å². The van der Waals surface area contributed by atoms with Crippen LogP contribution in [0, 0.1) is 17.3 Å². The van der Waals surface area contributed by atoms with E-state index >= 15 is 4.39 Å². The molecule has 1 aliphatic rings. The first-order valence-corrected chi connectivity index (χ1v) is 9.59.